The maximum absolute atomic E-state index is 11.3. The molecule has 0 aliphatic carbocycles. The summed E-state index contributed by atoms with van der Waals surface area (Å²) in [6.45, 7) is 1.97. The van der Waals surface area contributed by atoms with E-state index in [4.69, 9.17) is 14.6 Å². The number of benzene rings is 1. The Hall–Kier alpha value is -2.30. The van der Waals surface area contributed by atoms with Crippen LogP contribution in [0.25, 0.3) is 11.0 Å². The Balaban J connectivity index is 2.33. The van der Waals surface area contributed by atoms with Gasteiger partial charge < -0.3 is 19.7 Å². The Bertz CT molecular complexity index is 600. The predicted octanol–water partition coefficient (Wildman–Crippen LogP) is 2.46. The van der Waals surface area contributed by atoms with Gasteiger partial charge in [-0.1, -0.05) is 18.2 Å². The average molecular weight is 247 g/mol. The van der Waals surface area contributed by atoms with Crippen LogP contribution >= 0.6 is 0 Å². The summed E-state index contributed by atoms with van der Waals surface area (Å²) in [5.74, 6) is -0.835. The summed E-state index contributed by atoms with van der Waals surface area (Å²) in [4.78, 5) is 11.3. The van der Waals surface area contributed by atoms with Crippen molar-refractivity contribution in [2.75, 3.05) is 6.61 Å². The van der Waals surface area contributed by atoms with Gasteiger partial charge in [0.1, 0.15) is 5.58 Å². The van der Waals surface area contributed by atoms with Crippen molar-refractivity contribution in [3.05, 3.63) is 29.8 Å². The van der Waals surface area contributed by atoms with E-state index in [1.54, 1.807) is 31.2 Å². The van der Waals surface area contributed by atoms with Crippen molar-refractivity contribution in [3.8, 4) is 5.95 Å². The van der Waals surface area contributed by atoms with Gasteiger partial charge in [0.15, 0.2) is 0 Å². The minimum absolute atomic E-state index is 0.0177. The first-order valence-corrected chi connectivity index (χ1v) is 5.57. The minimum atomic E-state index is -0.493. The van der Waals surface area contributed by atoms with Crippen molar-refractivity contribution >= 4 is 22.7 Å². The third-order valence-corrected chi connectivity index (χ3v) is 2.51. The fourth-order valence-corrected chi connectivity index (χ4v) is 1.77. The number of furan rings is 1. The molecule has 2 N–H and O–H groups in total. The van der Waals surface area contributed by atoms with Crippen LogP contribution in [0.4, 0.5) is 0 Å². The highest BCUT2D eigenvalue weighted by molar-refractivity contribution is 6.15. The van der Waals surface area contributed by atoms with Gasteiger partial charge in [0.2, 0.25) is 0 Å². The predicted molar refractivity (Wildman–Crippen MR) is 66.0 cm³/mol. The first kappa shape index (κ1) is 12.2. The van der Waals surface area contributed by atoms with Gasteiger partial charge in [-0.2, -0.15) is 0 Å². The summed E-state index contributed by atoms with van der Waals surface area (Å²) < 4.78 is 9.89. The van der Waals surface area contributed by atoms with E-state index >= 15 is 0 Å². The second kappa shape index (κ2) is 4.91. The topological polar surface area (TPSA) is 83.5 Å². The second-order valence-corrected chi connectivity index (χ2v) is 3.74. The molecular weight excluding hydrogens is 234 g/mol. The smallest absolute Gasteiger partial charge is 0.311 e. The summed E-state index contributed by atoms with van der Waals surface area (Å²) in [5.41, 5.74) is 0.716. The summed E-state index contributed by atoms with van der Waals surface area (Å²) in [7, 11) is 0. The maximum Gasteiger partial charge on any atom is 0.311 e. The molecule has 0 unspecified atom stereocenters. The van der Waals surface area contributed by atoms with Crippen molar-refractivity contribution < 1.29 is 19.1 Å². The number of ether oxygens (including phenoxy) is 1. The summed E-state index contributed by atoms with van der Waals surface area (Å²) in [6.07, 6.45) is -0.190. The lowest BCUT2D eigenvalue weighted by molar-refractivity contribution is -0.141. The van der Waals surface area contributed by atoms with E-state index in [1.807, 2.05) is 0 Å². The molecule has 1 heterocycles. The Morgan fingerprint density at radius 2 is 2.17 bits per heavy atom. The van der Waals surface area contributed by atoms with Crippen LogP contribution in [0.5, 0.6) is 5.95 Å². The molecule has 0 saturated carbocycles. The number of hydrogen-bond donors (Lipinski definition) is 2. The lowest BCUT2D eigenvalue weighted by atomic mass is 10.1. The lowest BCUT2D eigenvalue weighted by Crippen LogP contribution is -2.11. The molecule has 0 amide bonds. The molecule has 0 atom stereocenters. The van der Waals surface area contributed by atoms with E-state index < -0.39 is 5.97 Å². The molecule has 0 aliphatic heterocycles. The van der Waals surface area contributed by atoms with E-state index in [1.165, 1.54) is 0 Å². The zero-order valence-electron chi connectivity index (χ0n) is 9.90. The van der Waals surface area contributed by atoms with Gasteiger partial charge in [-0.15, -0.1) is 0 Å². The number of esters is 1. The average Bonchev–Trinajstić information content (AvgIpc) is 2.64. The highest BCUT2D eigenvalue weighted by Crippen LogP contribution is 2.31. The Morgan fingerprint density at radius 1 is 1.44 bits per heavy atom. The largest absolute Gasteiger partial charge is 0.480 e. The molecule has 94 valence electrons. The molecule has 2 aromatic rings. The second-order valence-electron chi connectivity index (χ2n) is 3.74. The maximum atomic E-state index is 11.3. The molecule has 0 saturated heterocycles. The summed E-state index contributed by atoms with van der Waals surface area (Å²) in [5, 5.41) is 18.2. The molecule has 0 bridgehead atoms. The van der Waals surface area contributed by atoms with Crippen molar-refractivity contribution in [2.45, 2.75) is 13.3 Å². The third-order valence-electron chi connectivity index (χ3n) is 2.51. The van der Waals surface area contributed by atoms with Gasteiger partial charge >= 0.3 is 5.97 Å². The van der Waals surface area contributed by atoms with Crippen molar-refractivity contribution in [1.29, 1.82) is 5.41 Å². The van der Waals surface area contributed by atoms with E-state index in [9.17, 15) is 9.90 Å². The first-order valence-electron chi connectivity index (χ1n) is 5.57. The molecule has 1 aromatic carbocycles. The van der Waals surface area contributed by atoms with Crippen LogP contribution < -0.4 is 0 Å². The van der Waals surface area contributed by atoms with Crippen molar-refractivity contribution in [3.63, 3.8) is 0 Å². The number of carbonyl (C=O) groups excluding carboxylic acids is 1. The van der Waals surface area contributed by atoms with E-state index in [-0.39, 0.29) is 30.2 Å². The molecule has 0 spiro atoms. The van der Waals surface area contributed by atoms with Crippen LogP contribution in [0.3, 0.4) is 0 Å². The van der Waals surface area contributed by atoms with Gasteiger partial charge in [-0.05, 0) is 13.0 Å². The summed E-state index contributed by atoms with van der Waals surface area (Å²) in [6, 6.07) is 6.96. The van der Waals surface area contributed by atoms with Gasteiger partial charge in [0.25, 0.3) is 5.95 Å². The normalized spacial score (nSPS) is 10.5. The van der Waals surface area contributed by atoms with Crippen LogP contribution in [-0.2, 0) is 9.53 Å². The minimum Gasteiger partial charge on any atom is -0.480 e. The Morgan fingerprint density at radius 3 is 2.89 bits per heavy atom. The van der Waals surface area contributed by atoms with Crippen LogP contribution in [-0.4, -0.2) is 23.4 Å². The number of hydrogen-bond acceptors (Lipinski definition) is 5. The van der Waals surface area contributed by atoms with Gasteiger partial charge in [0, 0.05) is 5.39 Å². The van der Waals surface area contributed by atoms with Gasteiger partial charge in [-0.25, -0.2) is 0 Å². The lowest BCUT2D eigenvalue weighted by Gasteiger charge is -2.02. The van der Waals surface area contributed by atoms with E-state index in [2.05, 4.69) is 0 Å². The van der Waals surface area contributed by atoms with E-state index in [0.717, 1.165) is 0 Å². The molecule has 18 heavy (non-hydrogen) atoms. The fraction of sp³-hybridized carbons (Fsp3) is 0.231. The van der Waals surface area contributed by atoms with Crippen molar-refractivity contribution in [1.82, 2.24) is 0 Å². The van der Waals surface area contributed by atoms with Gasteiger partial charge in [-0.3, -0.25) is 4.79 Å². The van der Waals surface area contributed by atoms with E-state index in [0.29, 0.717) is 11.0 Å². The summed E-state index contributed by atoms with van der Waals surface area (Å²) >= 11 is 0. The van der Waals surface area contributed by atoms with Crippen LogP contribution in [0.1, 0.15) is 18.9 Å². The Labute approximate surface area is 103 Å². The SMILES string of the molecule is CCOC(=O)CC(=N)c1c(O)oc2ccccc12. The Kier molecular flexibility index (Phi) is 3.32. The van der Waals surface area contributed by atoms with Crippen molar-refractivity contribution in [2.24, 2.45) is 0 Å². The molecule has 2 rings (SSSR count). The number of nitrogens with one attached hydrogen (secondary N) is 1. The monoisotopic (exact) mass is 247 g/mol. The number of para-hydroxylation sites is 1. The molecule has 0 fully saturated rings. The first-order chi connectivity index (χ1) is 8.63. The third kappa shape index (κ3) is 2.20. The molecule has 0 radical (unpaired) electrons. The molecule has 5 heteroatoms. The fourth-order valence-electron chi connectivity index (χ4n) is 1.77. The molecule has 1 aromatic heterocycles. The molecule has 0 aliphatic rings. The number of rotatable bonds is 4. The number of aromatic hydroxyl groups is 1. The quantitative estimate of drug-likeness (QED) is 0.642. The highest BCUT2D eigenvalue weighted by atomic mass is 16.5. The standard InChI is InChI=1S/C13H13NO4/c1-2-17-11(15)7-9(14)12-8-5-3-4-6-10(8)18-13(12)16/h3-6,14,16H,2,7H2,1H3. The molecule has 5 nitrogen and oxygen atoms in total. The zero-order valence-corrected chi connectivity index (χ0v) is 9.90. The van der Waals surface area contributed by atoms with Crippen LogP contribution in [0, 0.1) is 5.41 Å². The van der Waals surface area contributed by atoms with Crippen LogP contribution in [0.2, 0.25) is 0 Å². The van der Waals surface area contributed by atoms with Crippen LogP contribution in [0.15, 0.2) is 28.7 Å². The highest BCUT2D eigenvalue weighted by Gasteiger charge is 2.19. The number of fused-ring (bicyclic) bond motifs is 1. The number of carbonyl (C=O) groups is 1. The van der Waals surface area contributed by atoms with Gasteiger partial charge in [0.05, 0.1) is 24.3 Å². The zero-order chi connectivity index (χ0) is 13.1. The molecular formula is C13H13NO4.